The maximum Gasteiger partial charge on any atom is 0.437 e. The van der Waals surface area contributed by atoms with Gasteiger partial charge in [-0.25, -0.2) is 9.18 Å². The van der Waals surface area contributed by atoms with Gasteiger partial charge in [0.15, 0.2) is 11.8 Å². The average Bonchev–Trinajstić information content (AvgIpc) is 2.73. The average molecular weight is 401 g/mol. The summed E-state index contributed by atoms with van der Waals surface area (Å²) in [5, 5.41) is 0. The largest absolute Gasteiger partial charge is 0.497 e. The number of nitrogens with two attached hydrogens (primary N) is 2. The summed E-state index contributed by atoms with van der Waals surface area (Å²) in [7, 11) is 1.64. The molecule has 0 saturated carbocycles. The van der Waals surface area contributed by atoms with Crippen LogP contribution in [-0.4, -0.2) is 45.3 Å². The van der Waals surface area contributed by atoms with Crippen LogP contribution in [0.2, 0.25) is 0 Å². The van der Waals surface area contributed by atoms with Crippen LogP contribution in [0, 0.1) is 5.82 Å². The molecule has 3 rings (SSSR count). The van der Waals surface area contributed by atoms with Crippen LogP contribution in [0.4, 0.5) is 20.6 Å². The van der Waals surface area contributed by atoms with Crippen molar-refractivity contribution < 1.29 is 18.7 Å². The molecule has 1 heterocycles. The minimum absolute atomic E-state index is 0.249. The molecule has 2 aromatic carbocycles. The number of anilines is 2. The van der Waals surface area contributed by atoms with Crippen LogP contribution < -0.4 is 26.0 Å². The smallest absolute Gasteiger partial charge is 0.437 e. The lowest BCUT2D eigenvalue weighted by Crippen LogP contribution is -2.46. The van der Waals surface area contributed by atoms with Crippen molar-refractivity contribution in [3.63, 3.8) is 0 Å². The molecule has 1 fully saturated rings. The normalized spacial score (nSPS) is 13.7. The van der Waals surface area contributed by atoms with Crippen LogP contribution in [0.5, 0.6) is 5.75 Å². The van der Waals surface area contributed by atoms with Crippen molar-refractivity contribution in [3.05, 3.63) is 53.8 Å². The zero-order chi connectivity index (χ0) is 20.8. The predicted octanol–water partition coefficient (Wildman–Crippen LogP) is 2.07. The molecular formula is C20H24FN5O3. The van der Waals surface area contributed by atoms with E-state index >= 15 is 0 Å². The van der Waals surface area contributed by atoms with Gasteiger partial charge >= 0.3 is 6.09 Å². The molecule has 0 spiro atoms. The van der Waals surface area contributed by atoms with Crippen molar-refractivity contribution in [1.29, 1.82) is 0 Å². The lowest BCUT2D eigenvalue weighted by Gasteiger charge is -2.37. The Bertz CT molecular complexity index is 876. The van der Waals surface area contributed by atoms with Crippen molar-refractivity contribution in [2.75, 3.05) is 43.1 Å². The Morgan fingerprint density at radius 2 is 1.72 bits per heavy atom. The zero-order valence-corrected chi connectivity index (χ0v) is 16.2. The zero-order valence-electron chi connectivity index (χ0n) is 16.2. The number of benzene rings is 2. The summed E-state index contributed by atoms with van der Waals surface area (Å²) < 4.78 is 25.0. The number of nitrogens with zero attached hydrogens (tertiary/aromatic N) is 3. The second-order valence-electron chi connectivity index (χ2n) is 6.51. The molecule has 1 aliphatic heterocycles. The first kappa shape index (κ1) is 20.2. The third-order valence-corrected chi connectivity index (χ3v) is 4.69. The second-order valence-corrected chi connectivity index (χ2v) is 6.51. The maximum absolute atomic E-state index is 14.9. The molecule has 4 N–H and O–H groups in total. The van der Waals surface area contributed by atoms with Crippen molar-refractivity contribution in [3.8, 4) is 5.75 Å². The maximum atomic E-state index is 14.9. The van der Waals surface area contributed by atoms with Gasteiger partial charge in [0.2, 0.25) is 0 Å². The van der Waals surface area contributed by atoms with Gasteiger partial charge < -0.3 is 30.7 Å². The first-order chi connectivity index (χ1) is 14.0. The molecule has 8 nitrogen and oxygen atoms in total. The second kappa shape index (κ2) is 9.13. The van der Waals surface area contributed by atoms with E-state index in [0.717, 1.165) is 24.5 Å². The highest BCUT2D eigenvalue weighted by atomic mass is 19.1. The molecule has 0 aliphatic carbocycles. The van der Waals surface area contributed by atoms with Crippen LogP contribution >= 0.6 is 0 Å². The van der Waals surface area contributed by atoms with Gasteiger partial charge in [0.1, 0.15) is 12.4 Å². The highest BCUT2D eigenvalue weighted by Gasteiger charge is 2.21. The number of aliphatic imine (C=N–C) groups is 1. The van der Waals surface area contributed by atoms with E-state index in [1.54, 1.807) is 25.3 Å². The third kappa shape index (κ3) is 5.07. The molecule has 0 atom stereocenters. The molecule has 0 aromatic heterocycles. The van der Waals surface area contributed by atoms with Gasteiger partial charge in [0.05, 0.1) is 12.8 Å². The van der Waals surface area contributed by atoms with Gasteiger partial charge in [-0.1, -0.05) is 12.1 Å². The fraction of sp³-hybridized carbons (Fsp3) is 0.300. The lowest BCUT2D eigenvalue weighted by molar-refractivity contribution is 0.149. The summed E-state index contributed by atoms with van der Waals surface area (Å²) >= 11 is 0. The monoisotopic (exact) mass is 401 g/mol. The standard InChI is InChI=1S/C20H24FN5O3/c1-28-16-7-5-15(6-8-16)25-9-11-26(12-10-25)17-4-2-3-14(18(17)21)13-29-20(27)24-19(22)23/h2-8H,9-13H2,1H3,(H4,22,23,24,27). The van der Waals surface area contributed by atoms with Gasteiger partial charge in [-0.3, -0.25) is 0 Å². The third-order valence-electron chi connectivity index (χ3n) is 4.69. The number of hydrogen-bond donors (Lipinski definition) is 2. The summed E-state index contributed by atoms with van der Waals surface area (Å²) in [5.41, 5.74) is 12.1. The SMILES string of the molecule is COc1ccc(N2CCN(c3cccc(COC(=O)N=C(N)N)c3F)CC2)cc1. The lowest BCUT2D eigenvalue weighted by atomic mass is 10.1. The van der Waals surface area contributed by atoms with E-state index in [9.17, 15) is 9.18 Å². The van der Waals surface area contributed by atoms with Gasteiger partial charge in [-0.2, -0.15) is 0 Å². The minimum atomic E-state index is -0.956. The molecule has 0 bridgehead atoms. The predicted molar refractivity (Wildman–Crippen MR) is 110 cm³/mol. The topological polar surface area (TPSA) is 106 Å². The molecule has 0 radical (unpaired) electrons. The molecule has 154 valence electrons. The fourth-order valence-corrected chi connectivity index (χ4v) is 3.20. The Morgan fingerprint density at radius 3 is 2.34 bits per heavy atom. The van der Waals surface area contributed by atoms with E-state index < -0.39 is 17.9 Å². The Labute approximate surface area is 168 Å². The summed E-state index contributed by atoms with van der Waals surface area (Å²) in [6.07, 6.45) is -0.956. The quantitative estimate of drug-likeness (QED) is 0.583. The van der Waals surface area contributed by atoms with E-state index in [1.807, 2.05) is 29.2 Å². The van der Waals surface area contributed by atoms with Gasteiger partial charge in [-0.15, -0.1) is 4.99 Å². The number of halogens is 1. The molecule has 1 aliphatic rings. The Kier molecular flexibility index (Phi) is 6.38. The Morgan fingerprint density at radius 1 is 1.07 bits per heavy atom. The van der Waals surface area contributed by atoms with E-state index in [4.69, 9.17) is 20.9 Å². The van der Waals surface area contributed by atoms with E-state index in [0.29, 0.717) is 18.8 Å². The van der Waals surface area contributed by atoms with Gasteiger partial charge in [0, 0.05) is 37.4 Å². The molecule has 0 unspecified atom stereocenters. The van der Waals surface area contributed by atoms with Crippen molar-refractivity contribution >= 4 is 23.4 Å². The summed E-state index contributed by atoms with van der Waals surface area (Å²) in [5.74, 6) is -0.00587. The number of methoxy groups -OCH3 is 1. The number of guanidine groups is 1. The van der Waals surface area contributed by atoms with E-state index in [2.05, 4.69) is 9.89 Å². The fourth-order valence-electron chi connectivity index (χ4n) is 3.20. The number of carbonyl (C=O) groups excluding carboxylic acids is 1. The van der Waals surface area contributed by atoms with E-state index in [-0.39, 0.29) is 12.2 Å². The van der Waals surface area contributed by atoms with Crippen LogP contribution in [0.1, 0.15) is 5.56 Å². The number of amides is 1. The molecule has 1 amide bonds. The Balaban J connectivity index is 1.63. The number of hydrogen-bond acceptors (Lipinski definition) is 5. The summed E-state index contributed by atoms with van der Waals surface area (Å²) in [4.78, 5) is 18.9. The molecule has 9 heteroatoms. The van der Waals surface area contributed by atoms with Crippen LogP contribution in [0.25, 0.3) is 0 Å². The molecular weight excluding hydrogens is 377 g/mol. The number of carbonyl (C=O) groups is 1. The van der Waals surface area contributed by atoms with Gasteiger partial charge in [0.25, 0.3) is 0 Å². The van der Waals surface area contributed by atoms with Crippen molar-refractivity contribution in [2.24, 2.45) is 16.5 Å². The number of ether oxygens (including phenoxy) is 2. The van der Waals surface area contributed by atoms with Crippen LogP contribution in [0.15, 0.2) is 47.5 Å². The highest BCUT2D eigenvalue weighted by molar-refractivity contribution is 5.87. The molecule has 29 heavy (non-hydrogen) atoms. The van der Waals surface area contributed by atoms with Crippen LogP contribution in [0.3, 0.4) is 0 Å². The summed E-state index contributed by atoms with van der Waals surface area (Å²) in [6.45, 7) is 2.60. The number of piperazine rings is 1. The number of rotatable bonds is 5. The van der Waals surface area contributed by atoms with Gasteiger partial charge in [-0.05, 0) is 30.3 Å². The minimum Gasteiger partial charge on any atom is -0.497 e. The van der Waals surface area contributed by atoms with Crippen molar-refractivity contribution in [2.45, 2.75) is 6.61 Å². The molecule has 2 aromatic rings. The highest BCUT2D eigenvalue weighted by Crippen LogP contribution is 2.26. The first-order valence-electron chi connectivity index (χ1n) is 9.15. The van der Waals surface area contributed by atoms with Crippen LogP contribution in [-0.2, 0) is 11.3 Å². The first-order valence-corrected chi connectivity index (χ1v) is 9.15. The van der Waals surface area contributed by atoms with Crippen molar-refractivity contribution in [1.82, 2.24) is 0 Å². The molecule has 1 saturated heterocycles. The van der Waals surface area contributed by atoms with E-state index in [1.165, 1.54) is 0 Å². The summed E-state index contributed by atoms with van der Waals surface area (Å²) in [6, 6.07) is 12.9. The Hall–Kier alpha value is -3.49.